The summed E-state index contributed by atoms with van der Waals surface area (Å²) in [7, 11) is 1.54. The monoisotopic (exact) mass is 607 g/mol. The lowest BCUT2D eigenvalue weighted by Crippen LogP contribution is -2.73. The molecule has 3 heterocycles. The average molecular weight is 609 g/mol. The number of pyridine rings is 1. The number of hydrogen-bond donors (Lipinski definition) is 2. The summed E-state index contributed by atoms with van der Waals surface area (Å²) in [6.07, 6.45) is 3.90. The standard InChI is InChI=1S/C29H36Cl2FN5O4/c1-17-16-36(27(38)41-28(3,4)5)12-13-37(17)29(33)23(40-18(2)24-20(30)9-10-21(32)25(24)31)14-22(39-6)26(35-29)19-8-7-11-34-15-19/h7-11,14-15,17-18,35H,12-13,16,33H2,1-6H3/t17-,18?,29?/m0/s1. The summed E-state index contributed by atoms with van der Waals surface area (Å²) in [5, 5.41) is 3.56. The van der Waals surface area contributed by atoms with Crippen LogP contribution in [0.15, 0.2) is 54.3 Å². The Kier molecular flexibility index (Phi) is 9.08. The second-order valence-corrected chi connectivity index (χ2v) is 11.9. The lowest BCUT2D eigenvalue weighted by molar-refractivity contribution is -0.0467. The van der Waals surface area contributed by atoms with Gasteiger partial charge < -0.3 is 24.4 Å². The van der Waals surface area contributed by atoms with Gasteiger partial charge in [-0.05, 0) is 58.9 Å². The number of nitrogens with one attached hydrogen (secondary N) is 1. The number of hydrogen-bond acceptors (Lipinski definition) is 8. The van der Waals surface area contributed by atoms with Crippen molar-refractivity contribution in [3.8, 4) is 0 Å². The Balaban J connectivity index is 1.72. The van der Waals surface area contributed by atoms with Gasteiger partial charge in [-0.2, -0.15) is 0 Å². The number of methoxy groups -OCH3 is 1. The van der Waals surface area contributed by atoms with Crippen molar-refractivity contribution in [3.05, 3.63) is 81.2 Å². The summed E-state index contributed by atoms with van der Waals surface area (Å²) in [5.41, 5.74) is 8.24. The van der Waals surface area contributed by atoms with E-state index in [1.165, 1.54) is 19.2 Å². The highest BCUT2D eigenvalue weighted by Crippen LogP contribution is 2.39. The van der Waals surface area contributed by atoms with Crippen LogP contribution in [0.3, 0.4) is 0 Å². The molecule has 0 radical (unpaired) electrons. The number of allylic oxidation sites excluding steroid dienone is 1. The van der Waals surface area contributed by atoms with Gasteiger partial charge in [0.05, 0.1) is 17.8 Å². The van der Waals surface area contributed by atoms with Crippen LogP contribution in [0.4, 0.5) is 9.18 Å². The molecule has 1 aromatic carbocycles. The largest absolute Gasteiger partial charge is 0.494 e. The maximum Gasteiger partial charge on any atom is 0.410 e. The fraction of sp³-hybridized carbons (Fsp3) is 0.448. The van der Waals surface area contributed by atoms with Crippen molar-refractivity contribution in [2.24, 2.45) is 5.73 Å². The molecule has 2 aromatic rings. The molecule has 2 aliphatic heterocycles. The zero-order valence-electron chi connectivity index (χ0n) is 24.0. The molecular weight excluding hydrogens is 572 g/mol. The number of rotatable bonds is 6. The van der Waals surface area contributed by atoms with Gasteiger partial charge in [0, 0.05) is 60.3 Å². The van der Waals surface area contributed by atoms with Gasteiger partial charge in [0.1, 0.15) is 23.3 Å². The zero-order valence-corrected chi connectivity index (χ0v) is 25.5. The number of piperazine rings is 1. The molecule has 41 heavy (non-hydrogen) atoms. The molecule has 0 bridgehead atoms. The molecule has 0 spiro atoms. The van der Waals surface area contributed by atoms with Crippen molar-refractivity contribution in [2.75, 3.05) is 26.7 Å². The van der Waals surface area contributed by atoms with Crippen LogP contribution in [0, 0.1) is 5.82 Å². The van der Waals surface area contributed by atoms with E-state index < -0.39 is 23.3 Å². The third-order valence-corrected chi connectivity index (χ3v) is 7.61. The van der Waals surface area contributed by atoms with Crippen molar-refractivity contribution in [3.63, 3.8) is 0 Å². The van der Waals surface area contributed by atoms with Gasteiger partial charge in [0.15, 0.2) is 5.76 Å². The molecule has 12 heteroatoms. The minimum Gasteiger partial charge on any atom is -0.494 e. The van der Waals surface area contributed by atoms with E-state index in [1.54, 1.807) is 30.3 Å². The molecule has 2 aliphatic rings. The first kappa shape index (κ1) is 30.9. The molecule has 1 aromatic heterocycles. The molecule has 0 saturated carbocycles. The molecule has 3 atom stereocenters. The van der Waals surface area contributed by atoms with Crippen LogP contribution in [0.1, 0.15) is 51.8 Å². The first-order valence-electron chi connectivity index (χ1n) is 13.3. The third-order valence-electron chi connectivity index (χ3n) is 6.89. The Morgan fingerprint density at radius 1 is 1.27 bits per heavy atom. The number of ether oxygens (including phenoxy) is 3. The van der Waals surface area contributed by atoms with E-state index in [4.69, 9.17) is 43.1 Å². The lowest BCUT2D eigenvalue weighted by Gasteiger charge is -2.51. The van der Waals surface area contributed by atoms with Gasteiger partial charge in [-0.15, -0.1) is 0 Å². The molecule has 1 saturated heterocycles. The SMILES string of the molecule is COC1=C(c2cccnc2)NC(N)(N2CCN(C(=O)OC(C)(C)C)C[C@@H]2C)C(OC(C)c2c(Cl)ccc(F)c2Cl)=C1. The number of dihydropyridines is 1. The Bertz CT molecular complexity index is 1350. The van der Waals surface area contributed by atoms with Gasteiger partial charge in [-0.1, -0.05) is 23.2 Å². The number of aromatic nitrogens is 1. The number of nitrogens with two attached hydrogens (primary N) is 1. The number of carbonyl (C=O) groups is 1. The number of nitrogens with zero attached hydrogens (tertiary/aromatic N) is 3. The fourth-order valence-electron chi connectivity index (χ4n) is 4.98. The maximum absolute atomic E-state index is 14.4. The van der Waals surface area contributed by atoms with Gasteiger partial charge in [-0.3, -0.25) is 15.6 Å². The molecule has 1 amide bonds. The van der Waals surface area contributed by atoms with E-state index in [1.807, 2.05) is 44.7 Å². The van der Waals surface area contributed by atoms with E-state index in [2.05, 4.69) is 10.3 Å². The Morgan fingerprint density at radius 3 is 2.61 bits per heavy atom. The summed E-state index contributed by atoms with van der Waals surface area (Å²) in [5.74, 6) is -1.27. The maximum atomic E-state index is 14.4. The van der Waals surface area contributed by atoms with Gasteiger partial charge >= 0.3 is 6.09 Å². The number of benzene rings is 1. The fourth-order valence-corrected chi connectivity index (χ4v) is 5.65. The van der Waals surface area contributed by atoms with Crippen LogP contribution in [-0.2, 0) is 14.2 Å². The van der Waals surface area contributed by atoms with Crippen LogP contribution in [0.25, 0.3) is 5.70 Å². The van der Waals surface area contributed by atoms with Crippen LogP contribution < -0.4 is 11.1 Å². The highest BCUT2D eigenvalue weighted by atomic mass is 35.5. The minimum atomic E-state index is -1.41. The van der Waals surface area contributed by atoms with Gasteiger partial charge in [0.25, 0.3) is 0 Å². The molecule has 2 unspecified atom stereocenters. The predicted molar refractivity (Wildman–Crippen MR) is 156 cm³/mol. The smallest absolute Gasteiger partial charge is 0.410 e. The summed E-state index contributed by atoms with van der Waals surface area (Å²) in [6.45, 7) is 10.3. The first-order valence-corrected chi connectivity index (χ1v) is 14.0. The Morgan fingerprint density at radius 2 is 2.00 bits per heavy atom. The van der Waals surface area contributed by atoms with Gasteiger partial charge in [0.2, 0.25) is 5.79 Å². The van der Waals surface area contributed by atoms with E-state index >= 15 is 0 Å². The molecule has 4 rings (SSSR count). The predicted octanol–water partition coefficient (Wildman–Crippen LogP) is 5.66. The topological polar surface area (TPSA) is 102 Å². The minimum absolute atomic E-state index is 0.130. The highest BCUT2D eigenvalue weighted by molar-refractivity contribution is 6.36. The van der Waals surface area contributed by atoms with E-state index in [0.717, 1.165) is 5.56 Å². The third kappa shape index (κ3) is 6.56. The molecule has 3 N–H and O–H groups in total. The van der Waals surface area contributed by atoms with E-state index in [-0.39, 0.29) is 22.2 Å². The highest BCUT2D eigenvalue weighted by Gasteiger charge is 2.47. The van der Waals surface area contributed by atoms with Crippen LogP contribution in [0.2, 0.25) is 10.0 Å². The van der Waals surface area contributed by atoms with E-state index in [9.17, 15) is 9.18 Å². The van der Waals surface area contributed by atoms with Crippen molar-refractivity contribution in [1.29, 1.82) is 0 Å². The molecule has 0 aliphatic carbocycles. The molecule has 9 nitrogen and oxygen atoms in total. The quantitative estimate of drug-likeness (QED) is 0.405. The number of carbonyl (C=O) groups excluding carboxylic acids is 1. The van der Waals surface area contributed by atoms with Gasteiger partial charge in [-0.25, -0.2) is 9.18 Å². The molecule has 222 valence electrons. The van der Waals surface area contributed by atoms with Crippen molar-refractivity contribution in [1.82, 2.24) is 20.1 Å². The van der Waals surface area contributed by atoms with Crippen LogP contribution >= 0.6 is 23.2 Å². The van der Waals surface area contributed by atoms with Crippen molar-refractivity contribution >= 4 is 35.0 Å². The summed E-state index contributed by atoms with van der Waals surface area (Å²) < 4.78 is 32.1. The first-order chi connectivity index (χ1) is 19.2. The van der Waals surface area contributed by atoms with E-state index in [0.29, 0.717) is 42.4 Å². The number of amides is 1. The molecule has 1 fully saturated rings. The Labute approximate surface area is 250 Å². The summed E-state index contributed by atoms with van der Waals surface area (Å²) >= 11 is 12.7. The normalized spacial score (nSPS) is 22.5. The zero-order chi connectivity index (χ0) is 30.1. The van der Waals surface area contributed by atoms with Crippen LogP contribution in [0.5, 0.6) is 0 Å². The van der Waals surface area contributed by atoms with Crippen LogP contribution in [-0.4, -0.2) is 65.1 Å². The van der Waals surface area contributed by atoms with Crippen molar-refractivity contribution in [2.45, 2.75) is 58.2 Å². The van der Waals surface area contributed by atoms with Crippen molar-refractivity contribution < 1.29 is 23.4 Å². The summed E-state index contributed by atoms with van der Waals surface area (Å²) in [4.78, 5) is 20.7. The second kappa shape index (κ2) is 12.1. The Hall–Kier alpha value is -3.05. The second-order valence-electron chi connectivity index (χ2n) is 11.1. The molecular formula is C29H36Cl2FN5O4. The lowest BCUT2D eigenvalue weighted by atomic mass is 10.0. The number of halogens is 3. The average Bonchev–Trinajstić information content (AvgIpc) is 2.91. The summed E-state index contributed by atoms with van der Waals surface area (Å²) in [6, 6.07) is 6.10.